The van der Waals surface area contributed by atoms with E-state index in [2.05, 4.69) is 26.4 Å². The van der Waals surface area contributed by atoms with Gasteiger partial charge in [0.05, 0.1) is 13.2 Å². The maximum absolute atomic E-state index is 6.03. The summed E-state index contributed by atoms with van der Waals surface area (Å²) in [6, 6.07) is 0. The smallest absolute Gasteiger partial charge is 0.137 e. The predicted octanol–water partition coefficient (Wildman–Crippen LogP) is 1.54. The van der Waals surface area contributed by atoms with Crippen molar-refractivity contribution in [1.29, 1.82) is 0 Å². The number of hydrogen-bond acceptors (Lipinski definition) is 5. The summed E-state index contributed by atoms with van der Waals surface area (Å²) < 4.78 is 13.6. The third kappa shape index (κ3) is 4.25. The number of piperidine rings is 1. The van der Waals surface area contributed by atoms with Crippen LogP contribution in [0.15, 0.2) is 12.4 Å². The third-order valence-corrected chi connectivity index (χ3v) is 6.15. The zero-order chi connectivity index (χ0) is 17.1. The van der Waals surface area contributed by atoms with Crippen LogP contribution in [0.5, 0.6) is 0 Å². The highest BCUT2D eigenvalue weighted by atomic mass is 16.5. The minimum Gasteiger partial charge on any atom is -0.379 e. The molecular formula is C19H32N4O2. The molecule has 2 atom stereocenters. The van der Waals surface area contributed by atoms with E-state index in [1.807, 2.05) is 12.4 Å². The van der Waals surface area contributed by atoms with Crippen molar-refractivity contribution in [2.75, 3.05) is 59.1 Å². The van der Waals surface area contributed by atoms with Crippen molar-refractivity contribution in [3.05, 3.63) is 18.2 Å². The number of likely N-dealkylation sites (tertiary alicyclic amines) is 1. The van der Waals surface area contributed by atoms with Crippen molar-refractivity contribution in [3.63, 3.8) is 0 Å². The van der Waals surface area contributed by atoms with Crippen LogP contribution in [0, 0.1) is 11.8 Å². The molecule has 6 heteroatoms. The van der Waals surface area contributed by atoms with Crippen LogP contribution in [-0.4, -0.2) is 78.4 Å². The van der Waals surface area contributed by atoms with Gasteiger partial charge in [-0.05, 0) is 38.3 Å². The molecule has 0 aromatic carbocycles. The Morgan fingerprint density at radius 3 is 2.48 bits per heavy atom. The maximum Gasteiger partial charge on any atom is 0.137 e. The second kappa shape index (κ2) is 8.16. The summed E-state index contributed by atoms with van der Waals surface area (Å²) >= 11 is 0. The summed E-state index contributed by atoms with van der Waals surface area (Å²) in [7, 11) is 2.07. The molecule has 3 fully saturated rings. The molecule has 0 N–H and O–H groups in total. The van der Waals surface area contributed by atoms with Gasteiger partial charge in [0.1, 0.15) is 11.9 Å². The summed E-state index contributed by atoms with van der Waals surface area (Å²) in [6.07, 6.45) is 7.89. The predicted molar refractivity (Wildman–Crippen MR) is 96.4 cm³/mol. The summed E-state index contributed by atoms with van der Waals surface area (Å²) in [5.41, 5.74) is 0. The Morgan fingerprint density at radius 2 is 1.76 bits per heavy atom. The standard InChI is InChI=1S/C19H32N4O2/c1-21-8-5-20-19(21)18-17(4-11-25-18)15-22-6-2-16(3-7-22)14-23-9-12-24-13-10-23/h5,8,16-18H,2-4,6-7,9-15H2,1H3/t17-,18+/m0/s1. The highest BCUT2D eigenvalue weighted by molar-refractivity contribution is 5.01. The molecule has 6 nitrogen and oxygen atoms in total. The molecule has 0 amide bonds. The van der Waals surface area contributed by atoms with E-state index in [0.717, 1.165) is 57.6 Å². The Bertz CT molecular complexity index is 535. The summed E-state index contributed by atoms with van der Waals surface area (Å²) in [6.45, 7) is 9.81. The molecule has 0 radical (unpaired) electrons. The Hall–Kier alpha value is -0.950. The number of nitrogens with zero attached hydrogens (tertiary/aromatic N) is 4. The lowest BCUT2D eigenvalue weighted by Crippen LogP contribution is -2.43. The van der Waals surface area contributed by atoms with Gasteiger partial charge < -0.3 is 18.9 Å². The van der Waals surface area contributed by atoms with Gasteiger partial charge in [0.25, 0.3) is 0 Å². The molecule has 25 heavy (non-hydrogen) atoms. The first-order chi connectivity index (χ1) is 12.3. The van der Waals surface area contributed by atoms with Gasteiger partial charge in [-0.25, -0.2) is 4.98 Å². The molecule has 1 aromatic heterocycles. The first-order valence-corrected chi connectivity index (χ1v) is 9.91. The lowest BCUT2D eigenvalue weighted by molar-refractivity contribution is 0.0222. The van der Waals surface area contributed by atoms with Gasteiger partial charge in [-0.3, -0.25) is 4.90 Å². The third-order valence-electron chi connectivity index (χ3n) is 6.15. The first kappa shape index (κ1) is 17.5. The van der Waals surface area contributed by atoms with Crippen molar-refractivity contribution in [2.45, 2.75) is 25.4 Å². The number of ether oxygens (including phenoxy) is 2. The fourth-order valence-corrected chi connectivity index (χ4v) is 4.59. The van der Waals surface area contributed by atoms with Gasteiger partial charge in [-0.2, -0.15) is 0 Å². The van der Waals surface area contributed by atoms with Gasteiger partial charge in [0, 0.05) is 58.1 Å². The van der Waals surface area contributed by atoms with Gasteiger partial charge in [0.15, 0.2) is 0 Å². The Morgan fingerprint density at radius 1 is 1.00 bits per heavy atom. The number of hydrogen-bond donors (Lipinski definition) is 0. The fraction of sp³-hybridized carbons (Fsp3) is 0.842. The summed E-state index contributed by atoms with van der Waals surface area (Å²) in [5, 5.41) is 0. The Labute approximate surface area is 151 Å². The number of morpholine rings is 1. The second-order valence-corrected chi connectivity index (χ2v) is 7.89. The number of aryl methyl sites for hydroxylation is 1. The zero-order valence-corrected chi connectivity index (χ0v) is 15.5. The average molecular weight is 348 g/mol. The molecule has 3 saturated heterocycles. The minimum atomic E-state index is 0.172. The van der Waals surface area contributed by atoms with E-state index in [4.69, 9.17) is 9.47 Å². The molecule has 0 aliphatic carbocycles. The van der Waals surface area contributed by atoms with Crippen LogP contribution in [0.2, 0.25) is 0 Å². The number of aromatic nitrogens is 2. The molecule has 4 heterocycles. The highest BCUT2D eigenvalue weighted by Crippen LogP contribution is 2.34. The molecule has 3 aliphatic rings. The van der Waals surface area contributed by atoms with E-state index in [1.54, 1.807) is 0 Å². The van der Waals surface area contributed by atoms with E-state index in [1.165, 1.54) is 32.5 Å². The van der Waals surface area contributed by atoms with Crippen LogP contribution >= 0.6 is 0 Å². The van der Waals surface area contributed by atoms with Crippen molar-refractivity contribution >= 4 is 0 Å². The first-order valence-electron chi connectivity index (χ1n) is 9.91. The number of rotatable bonds is 5. The maximum atomic E-state index is 6.03. The molecule has 4 rings (SSSR count). The quantitative estimate of drug-likeness (QED) is 0.808. The van der Waals surface area contributed by atoms with Gasteiger partial charge >= 0.3 is 0 Å². The second-order valence-electron chi connectivity index (χ2n) is 7.89. The van der Waals surface area contributed by atoms with Gasteiger partial charge in [-0.15, -0.1) is 0 Å². The summed E-state index contributed by atoms with van der Waals surface area (Å²) in [5.74, 6) is 2.53. The highest BCUT2D eigenvalue weighted by Gasteiger charge is 2.34. The van der Waals surface area contributed by atoms with Crippen molar-refractivity contribution in [2.24, 2.45) is 18.9 Å². The normalized spacial score (nSPS) is 30.1. The minimum absolute atomic E-state index is 0.172. The molecule has 0 bridgehead atoms. The molecule has 1 aromatic rings. The fourth-order valence-electron chi connectivity index (χ4n) is 4.59. The molecule has 0 spiro atoms. The van der Waals surface area contributed by atoms with E-state index >= 15 is 0 Å². The van der Waals surface area contributed by atoms with Crippen molar-refractivity contribution in [3.8, 4) is 0 Å². The van der Waals surface area contributed by atoms with Crippen LogP contribution in [-0.2, 0) is 16.5 Å². The molecule has 140 valence electrons. The van der Waals surface area contributed by atoms with Crippen LogP contribution in [0.4, 0.5) is 0 Å². The number of imidazole rings is 1. The van der Waals surface area contributed by atoms with Crippen LogP contribution < -0.4 is 0 Å². The Kier molecular flexibility index (Phi) is 5.70. The largest absolute Gasteiger partial charge is 0.379 e. The zero-order valence-electron chi connectivity index (χ0n) is 15.5. The van der Waals surface area contributed by atoms with Crippen LogP contribution in [0.25, 0.3) is 0 Å². The SMILES string of the molecule is Cn1ccnc1[C@@H]1OCC[C@H]1CN1CCC(CN2CCOCC2)CC1. The van der Waals surface area contributed by atoms with Crippen LogP contribution in [0.1, 0.15) is 31.2 Å². The Balaban J connectivity index is 1.25. The van der Waals surface area contributed by atoms with Crippen LogP contribution in [0.3, 0.4) is 0 Å². The van der Waals surface area contributed by atoms with Crippen molar-refractivity contribution in [1.82, 2.24) is 19.4 Å². The van der Waals surface area contributed by atoms with E-state index in [0.29, 0.717) is 5.92 Å². The molecule has 0 unspecified atom stereocenters. The lowest BCUT2D eigenvalue weighted by Gasteiger charge is -2.37. The molecular weight excluding hydrogens is 316 g/mol. The topological polar surface area (TPSA) is 42.8 Å². The van der Waals surface area contributed by atoms with Crippen molar-refractivity contribution < 1.29 is 9.47 Å². The van der Waals surface area contributed by atoms with Gasteiger partial charge in [-0.1, -0.05) is 0 Å². The lowest BCUT2D eigenvalue weighted by atomic mass is 9.93. The molecule has 0 saturated carbocycles. The van der Waals surface area contributed by atoms with E-state index in [-0.39, 0.29) is 6.10 Å². The molecule has 3 aliphatic heterocycles. The van der Waals surface area contributed by atoms with Gasteiger partial charge in [0.2, 0.25) is 0 Å². The monoisotopic (exact) mass is 348 g/mol. The average Bonchev–Trinajstić information content (AvgIpc) is 3.26. The van der Waals surface area contributed by atoms with E-state index in [9.17, 15) is 0 Å². The summed E-state index contributed by atoms with van der Waals surface area (Å²) in [4.78, 5) is 9.77. The van der Waals surface area contributed by atoms with E-state index < -0.39 is 0 Å².